The van der Waals surface area contributed by atoms with Gasteiger partial charge in [0, 0.05) is 0 Å². The Morgan fingerprint density at radius 3 is 0.567 bits per heavy atom. The zero-order valence-electron chi connectivity index (χ0n) is 16.7. The van der Waals surface area contributed by atoms with Gasteiger partial charge in [0.1, 0.15) is 0 Å². The van der Waals surface area contributed by atoms with Crippen LogP contribution in [0, 0.1) is 15.3 Å². The maximum absolute atomic E-state index is 9.00. The van der Waals surface area contributed by atoms with Crippen LogP contribution in [0.25, 0.3) is 0 Å². The van der Waals surface area contributed by atoms with E-state index in [4.69, 9.17) is 53.7 Å². The van der Waals surface area contributed by atoms with E-state index in [0.717, 1.165) is 0 Å². The maximum atomic E-state index is 9.00. The smallest absolute Gasteiger partial charge is 0.822 e. The van der Waals surface area contributed by atoms with Crippen LogP contribution in [0.1, 0.15) is 0 Å². The van der Waals surface area contributed by atoms with Gasteiger partial charge in [-0.05, 0) is 0 Å². The third-order valence-electron chi connectivity index (χ3n) is 0. The zero-order chi connectivity index (χ0) is 22.4. The Balaban J connectivity index is -0.0000000156. The third-order valence-corrected chi connectivity index (χ3v) is 0. The molecule has 0 aliphatic rings. The number of rotatable bonds is 0. The molecule has 0 aliphatic carbocycles. The average molecular weight is 506 g/mol. The number of hydrogen-bond donors (Lipinski definition) is 9. The molecule has 0 fully saturated rings. The minimum atomic E-state index is -5.39. The predicted molar refractivity (Wildman–Crippen MR) is 78.1 cm³/mol. The number of amides is 8. The number of urea groups is 4. The minimum Gasteiger partial charge on any atom is -0.822 e. The molecule has 19 N–H and O–H groups in total. The van der Waals surface area contributed by atoms with Gasteiger partial charge in [0.2, 0.25) is 0 Å². The van der Waals surface area contributed by atoms with Crippen LogP contribution in [0.2, 0.25) is 0 Å². The van der Waals surface area contributed by atoms with Gasteiger partial charge in [-0.3, -0.25) is 0 Å². The standard InChI is InChI=1S/4CH4N2O.NO3.H3N.4Na.H3O4P/c5*2-1(3)4;;;;;;1-5(2,3)4/h4*(H4,2,3,4);;1H3;;;;;(H3,1,2,3,4)/q;;;;-1;;4*+1;/p-3. The first-order valence-corrected chi connectivity index (χ1v) is 5.86. The van der Waals surface area contributed by atoms with Crippen LogP contribution in [0.5, 0.6) is 0 Å². The summed E-state index contributed by atoms with van der Waals surface area (Å²) in [7, 11) is -5.39. The van der Waals surface area contributed by atoms with Gasteiger partial charge in [-0.15, -0.1) is 0 Å². The first-order valence-electron chi connectivity index (χ1n) is 4.40. The summed E-state index contributed by atoms with van der Waals surface area (Å²) in [6.07, 6.45) is 0. The van der Waals surface area contributed by atoms with Crippen LogP contribution in [-0.4, -0.2) is 29.2 Å². The summed E-state index contributed by atoms with van der Waals surface area (Å²) < 4.78 is 8.55. The second-order valence-corrected chi connectivity index (χ2v) is 3.17. The molecule has 0 bridgehead atoms. The van der Waals surface area contributed by atoms with Gasteiger partial charge in [0.15, 0.2) is 0 Å². The topological polar surface area (TPSA) is 464 Å². The summed E-state index contributed by atoms with van der Waals surface area (Å²) in [5.41, 5.74) is 34.0. The molecule has 26 heteroatoms. The number of phosphoric acid groups is 1. The van der Waals surface area contributed by atoms with Crippen molar-refractivity contribution in [2.24, 2.45) is 45.9 Å². The molecule has 0 rings (SSSR count). The molecule has 0 unspecified atom stereocenters. The van der Waals surface area contributed by atoms with E-state index >= 15 is 0 Å². The van der Waals surface area contributed by atoms with Crippen molar-refractivity contribution in [3.05, 3.63) is 15.3 Å². The molecule has 0 saturated carbocycles. The van der Waals surface area contributed by atoms with Crippen LogP contribution >= 0.6 is 7.82 Å². The number of hydrogen-bond acceptors (Lipinski definition) is 12. The van der Waals surface area contributed by atoms with E-state index in [1.807, 2.05) is 0 Å². The molecule has 0 saturated heterocycles. The van der Waals surface area contributed by atoms with Crippen molar-refractivity contribution in [2.45, 2.75) is 0 Å². The molecule has 8 amide bonds. The molecule has 160 valence electrons. The zero-order valence-corrected chi connectivity index (χ0v) is 25.6. The van der Waals surface area contributed by atoms with Crippen LogP contribution in [0.4, 0.5) is 19.2 Å². The van der Waals surface area contributed by atoms with E-state index in [-0.39, 0.29) is 124 Å². The van der Waals surface area contributed by atoms with Gasteiger partial charge in [-0.2, -0.15) is 7.82 Å². The molecule has 0 aromatic heterocycles. The molecule has 0 heterocycles. The fourth-order valence-electron chi connectivity index (χ4n) is 0. The maximum Gasteiger partial charge on any atom is 1.00 e. The molecular formula is C4H19N10Na4O11P. The van der Waals surface area contributed by atoms with E-state index in [1.54, 1.807) is 0 Å². The first kappa shape index (κ1) is 69.8. The molecule has 21 nitrogen and oxygen atoms in total. The second kappa shape index (κ2) is 51.8. The quantitative estimate of drug-likeness (QED) is 0.0640. The molecule has 0 spiro atoms. The monoisotopic (exact) mass is 506 g/mol. The number of carbonyl (C=O) groups excluding carboxylic acids is 4. The van der Waals surface area contributed by atoms with E-state index in [0.29, 0.717) is 0 Å². The Kier molecular flexibility index (Phi) is 120. The van der Waals surface area contributed by atoms with Crippen molar-refractivity contribution in [1.82, 2.24) is 6.15 Å². The van der Waals surface area contributed by atoms with Crippen molar-refractivity contribution in [3.8, 4) is 0 Å². The summed E-state index contributed by atoms with van der Waals surface area (Å²) >= 11 is 0. The SMILES string of the molecule is N.NC(N)=O.NC(N)=O.NC(N)=O.NC(N)=O.O=P([O-])([O-])[O-].O=[N+]([O-])[O-].[Na+].[Na+].[Na+].[Na+]. The molecule has 0 atom stereocenters. The Labute approximate surface area is 257 Å². The molecule has 0 aliphatic heterocycles. The number of primary amides is 8. The summed E-state index contributed by atoms with van der Waals surface area (Å²) in [6.45, 7) is 0. The van der Waals surface area contributed by atoms with E-state index in [9.17, 15) is 0 Å². The van der Waals surface area contributed by atoms with Crippen LogP contribution in [0.15, 0.2) is 0 Å². The fraction of sp³-hybridized carbons (Fsp3) is 0. The van der Waals surface area contributed by atoms with Crippen LogP contribution in [0.3, 0.4) is 0 Å². The van der Waals surface area contributed by atoms with Gasteiger partial charge < -0.3 is 86.6 Å². The third kappa shape index (κ3) is 173000. The summed E-state index contributed by atoms with van der Waals surface area (Å²) in [5.74, 6) is 0. The summed E-state index contributed by atoms with van der Waals surface area (Å²) in [4.78, 5) is 69.9. The Morgan fingerprint density at radius 2 is 0.567 bits per heavy atom. The number of carbonyl (C=O) groups is 4. The van der Waals surface area contributed by atoms with Crippen LogP contribution < -0.4 is 185 Å². The molecule has 30 heavy (non-hydrogen) atoms. The molecule has 0 aromatic rings. The molecule has 0 aromatic carbocycles. The summed E-state index contributed by atoms with van der Waals surface area (Å²) in [5, 5.41) is 14.8. The number of nitrogens with two attached hydrogens (primary N) is 8. The molecule has 0 radical (unpaired) electrons. The van der Waals surface area contributed by atoms with Crippen molar-refractivity contribution in [1.29, 1.82) is 0 Å². The van der Waals surface area contributed by atoms with Crippen molar-refractivity contribution in [3.63, 3.8) is 0 Å². The fourth-order valence-corrected chi connectivity index (χ4v) is 0. The van der Waals surface area contributed by atoms with E-state index < -0.39 is 37.0 Å². The van der Waals surface area contributed by atoms with Crippen LogP contribution in [-0.2, 0) is 4.57 Å². The second-order valence-electron chi connectivity index (χ2n) is 2.28. The van der Waals surface area contributed by atoms with E-state index in [2.05, 4.69) is 45.9 Å². The van der Waals surface area contributed by atoms with Crippen molar-refractivity contribution >= 4 is 31.9 Å². The van der Waals surface area contributed by atoms with Crippen molar-refractivity contribution in [2.75, 3.05) is 0 Å². The van der Waals surface area contributed by atoms with Gasteiger partial charge in [-0.25, -0.2) is 19.2 Å². The van der Waals surface area contributed by atoms with Gasteiger partial charge in [0.05, 0.1) is 5.09 Å². The first-order chi connectivity index (χ1) is 10.7. The number of nitrogens with zero attached hydrogens (tertiary/aromatic N) is 1. The Bertz CT molecular complexity index is 356. The van der Waals surface area contributed by atoms with Gasteiger partial charge in [0.25, 0.3) is 0 Å². The minimum absolute atomic E-state index is 0. The predicted octanol–water partition coefficient (Wildman–Crippen LogP) is -18.8. The normalized spacial score (nSPS) is 5.97. The largest absolute Gasteiger partial charge is 1.00 e. The van der Waals surface area contributed by atoms with Gasteiger partial charge in [-0.1, -0.05) is 0 Å². The molecular weight excluding hydrogens is 487 g/mol. The van der Waals surface area contributed by atoms with Gasteiger partial charge >= 0.3 is 142 Å². The summed E-state index contributed by atoms with van der Waals surface area (Å²) in [6, 6.07) is -3.33. The Hall–Kier alpha value is 0.350. The van der Waals surface area contributed by atoms with E-state index in [1.165, 1.54) is 0 Å². The average Bonchev–Trinajstić information content (AvgIpc) is 2.06. The van der Waals surface area contributed by atoms with Crippen molar-refractivity contribution < 1.29 is 162 Å². The Morgan fingerprint density at radius 1 is 0.567 bits per heavy atom.